The molecule has 0 bridgehead atoms. The average Bonchev–Trinajstić information content (AvgIpc) is 2.50. The van der Waals surface area contributed by atoms with E-state index in [0.29, 0.717) is 12.8 Å². The van der Waals surface area contributed by atoms with E-state index in [4.69, 9.17) is 4.55 Å². The van der Waals surface area contributed by atoms with Gasteiger partial charge in [0.25, 0.3) is 10.1 Å². The SMILES string of the molecule is CCCC(CCC1CC(=O)OC1=O)S(=O)(=O)O. The van der Waals surface area contributed by atoms with Gasteiger partial charge in [-0.3, -0.25) is 14.1 Å². The molecule has 1 rings (SSSR count). The third-order valence-electron chi connectivity index (χ3n) is 2.83. The van der Waals surface area contributed by atoms with Crippen molar-refractivity contribution in [2.24, 2.45) is 5.92 Å². The van der Waals surface area contributed by atoms with Gasteiger partial charge in [0.1, 0.15) is 0 Å². The minimum Gasteiger partial charge on any atom is -0.393 e. The molecule has 0 amide bonds. The van der Waals surface area contributed by atoms with Crippen LogP contribution in [0.2, 0.25) is 0 Å². The molecule has 98 valence electrons. The summed E-state index contributed by atoms with van der Waals surface area (Å²) < 4.78 is 35.4. The van der Waals surface area contributed by atoms with E-state index in [9.17, 15) is 18.0 Å². The maximum absolute atomic E-state index is 11.1. The number of hydrogen-bond donors (Lipinski definition) is 1. The fraction of sp³-hybridized carbons (Fsp3) is 0.800. The lowest BCUT2D eigenvalue weighted by atomic mass is 9.99. The van der Waals surface area contributed by atoms with Gasteiger partial charge in [-0.15, -0.1) is 0 Å². The first-order valence-corrected chi connectivity index (χ1v) is 7.05. The number of carbonyl (C=O) groups excluding carboxylic acids is 2. The summed E-state index contributed by atoms with van der Waals surface area (Å²) in [5.74, 6) is -1.73. The van der Waals surface area contributed by atoms with E-state index in [1.165, 1.54) is 0 Å². The molecule has 7 heteroatoms. The molecule has 0 saturated carbocycles. The van der Waals surface area contributed by atoms with Gasteiger partial charge in [-0.2, -0.15) is 8.42 Å². The molecule has 0 aromatic rings. The Morgan fingerprint density at radius 1 is 1.41 bits per heavy atom. The Balaban J connectivity index is 2.53. The van der Waals surface area contributed by atoms with Gasteiger partial charge >= 0.3 is 11.9 Å². The second kappa shape index (κ2) is 5.59. The zero-order valence-corrected chi connectivity index (χ0v) is 10.4. The minimum absolute atomic E-state index is 0.00313. The zero-order valence-electron chi connectivity index (χ0n) is 9.59. The molecular weight excluding hydrogens is 248 g/mol. The van der Waals surface area contributed by atoms with Crippen molar-refractivity contribution < 1.29 is 27.3 Å². The van der Waals surface area contributed by atoms with E-state index in [2.05, 4.69) is 4.74 Å². The van der Waals surface area contributed by atoms with Crippen molar-refractivity contribution in [2.45, 2.75) is 44.3 Å². The number of hydrogen-bond acceptors (Lipinski definition) is 5. The molecule has 2 unspecified atom stereocenters. The van der Waals surface area contributed by atoms with Crippen molar-refractivity contribution >= 4 is 22.1 Å². The monoisotopic (exact) mass is 264 g/mol. The van der Waals surface area contributed by atoms with Gasteiger partial charge in [-0.1, -0.05) is 13.3 Å². The average molecular weight is 264 g/mol. The fourth-order valence-electron chi connectivity index (χ4n) is 1.89. The van der Waals surface area contributed by atoms with E-state index >= 15 is 0 Å². The van der Waals surface area contributed by atoms with Gasteiger partial charge in [0.15, 0.2) is 0 Å². The third-order valence-corrected chi connectivity index (χ3v) is 4.14. The molecule has 1 aliphatic rings. The van der Waals surface area contributed by atoms with Crippen molar-refractivity contribution in [1.82, 2.24) is 0 Å². The van der Waals surface area contributed by atoms with Crippen LogP contribution in [0.5, 0.6) is 0 Å². The minimum atomic E-state index is -4.09. The van der Waals surface area contributed by atoms with Gasteiger partial charge in [0.05, 0.1) is 17.6 Å². The maximum Gasteiger partial charge on any atom is 0.317 e. The Morgan fingerprint density at radius 3 is 2.47 bits per heavy atom. The summed E-state index contributed by atoms with van der Waals surface area (Å²) in [6.07, 6.45) is 1.38. The van der Waals surface area contributed by atoms with Crippen LogP contribution in [0.3, 0.4) is 0 Å². The molecule has 17 heavy (non-hydrogen) atoms. The van der Waals surface area contributed by atoms with Crippen LogP contribution < -0.4 is 0 Å². The second-order valence-corrected chi connectivity index (χ2v) is 5.89. The molecular formula is C10H16O6S. The number of esters is 2. The van der Waals surface area contributed by atoms with Gasteiger partial charge in [-0.05, 0) is 19.3 Å². The zero-order chi connectivity index (χ0) is 13.1. The molecule has 1 saturated heterocycles. The van der Waals surface area contributed by atoms with E-state index in [1.807, 2.05) is 6.92 Å². The molecule has 1 fully saturated rings. The highest BCUT2D eigenvalue weighted by atomic mass is 32.2. The van der Waals surface area contributed by atoms with Crippen LogP contribution in [0.15, 0.2) is 0 Å². The van der Waals surface area contributed by atoms with E-state index < -0.39 is 33.2 Å². The van der Waals surface area contributed by atoms with Crippen LogP contribution in [-0.4, -0.2) is 30.2 Å². The molecule has 1 N–H and O–H groups in total. The fourth-order valence-corrected chi connectivity index (χ4v) is 2.86. The standard InChI is InChI=1S/C10H16O6S/c1-2-3-8(17(13,14)15)5-4-7-6-9(11)16-10(7)12/h7-8H,2-6H2,1H3,(H,13,14,15). The molecule has 0 spiro atoms. The van der Waals surface area contributed by atoms with E-state index in [0.717, 1.165) is 0 Å². The first-order valence-electron chi connectivity index (χ1n) is 5.55. The Kier molecular flexibility index (Phi) is 4.64. The van der Waals surface area contributed by atoms with Crippen LogP contribution in [0.25, 0.3) is 0 Å². The number of ether oxygens (including phenoxy) is 1. The largest absolute Gasteiger partial charge is 0.393 e. The Labute approximate surface area is 100 Å². The van der Waals surface area contributed by atoms with Crippen LogP contribution >= 0.6 is 0 Å². The molecule has 0 radical (unpaired) electrons. The number of cyclic esters (lactones) is 2. The second-order valence-electron chi connectivity index (χ2n) is 4.20. The Hall–Kier alpha value is -0.950. The molecule has 0 aromatic carbocycles. The number of carbonyl (C=O) groups is 2. The molecule has 6 nitrogen and oxygen atoms in total. The van der Waals surface area contributed by atoms with Crippen molar-refractivity contribution in [3.63, 3.8) is 0 Å². The van der Waals surface area contributed by atoms with Crippen LogP contribution in [0.1, 0.15) is 39.0 Å². The summed E-state index contributed by atoms with van der Waals surface area (Å²) in [6, 6.07) is 0. The van der Waals surface area contributed by atoms with Gasteiger partial charge in [0, 0.05) is 0 Å². The summed E-state index contributed by atoms with van der Waals surface area (Å²) in [5, 5.41) is -0.865. The van der Waals surface area contributed by atoms with Crippen molar-refractivity contribution in [3.8, 4) is 0 Å². The van der Waals surface area contributed by atoms with Gasteiger partial charge in [-0.25, -0.2) is 0 Å². The molecule has 2 atom stereocenters. The lowest BCUT2D eigenvalue weighted by Crippen LogP contribution is -2.22. The normalized spacial score (nSPS) is 22.6. The van der Waals surface area contributed by atoms with E-state index in [-0.39, 0.29) is 19.3 Å². The lowest BCUT2D eigenvalue weighted by molar-refractivity contribution is -0.153. The van der Waals surface area contributed by atoms with Gasteiger partial charge < -0.3 is 4.74 Å². The molecule has 1 heterocycles. The predicted octanol–water partition coefficient (Wildman–Crippen LogP) is 0.913. The smallest absolute Gasteiger partial charge is 0.317 e. The number of rotatable bonds is 6. The first-order chi connectivity index (χ1) is 7.84. The summed E-state index contributed by atoms with van der Waals surface area (Å²) in [7, 11) is -4.09. The highest BCUT2D eigenvalue weighted by Crippen LogP contribution is 2.24. The summed E-state index contributed by atoms with van der Waals surface area (Å²) in [5.41, 5.74) is 0. The molecule has 0 aliphatic carbocycles. The Bertz CT molecular complexity index is 399. The molecule has 0 aromatic heterocycles. The predicted molar refractivity (Wildman–Crippen MR) is 58.7 cm³/mol. The van der Waals surface area contributed by atoms with Crippen LogP contribution in [0.4, 0.5) is 0 Å². The lowest BCUT2D eigenvalue weighted by Gasteiger charge is -2.13. The van der Waals surface area contributed by atoms with E-state index in [1.54, 1.807) is 0 Å². The highest BCUT2D eigenvalue weighted by molar-refractivity contribution is 7.86. The van der Waals surface area contributed by atoms with Crippen LogP contribution in [-0.2, 0) is 24.4 Å². The summed E-state index contributed by atoms with van der Waals surface area (Å²) >= 11 is 0. The summed E-state index contributed by atoms with van der Waals surface area (Å²) in [4.78, 5) is 22.0. The highest BCUT2D eigenvalue weighted by Gasteiger charge is 2.34. The first kappa shape index (κ1) is 14.1. The van der Waals surface area contributed by atoms with Crippen molar-refractivity contribution in [1.29, 1.82) is 0 Å². The topological polar surface area (TPSA) is 97.7 Å². The van der Waals surface area contributed by atoms with Crippen molar-refractivity contribution in [3.05, 3.63) is 0 Å². The van der Waals surface area contributed by atoms with Crippen molar-refractivity contribution in [2.75, 3.05) is 0 Å². The third kappa shape index (κ3) is 4.08. The quantitative estimate of drug-likeness (QED) is 0.435. The summed E-state index contributed by atoms with van der Waals surface area (Å²) in [6.45, 7) is 1.81. The maximum atomic E-state index is 11.1. The molecule has 1 aliphatic heterocycles. The van der Waals surface area contributed by atoms with Gasteiger partial charge in [0.2, 0.25) is 0 Å². The van der Waals surface area contributed by atoms with Crippen LogP contribution in [0, 0.1) is 5.92 Å². The Morgan fingerprint density at radius 2 is 2.06 bits per heavy atom.